The number of nitrogens with zero attached hydrogens (tertiary/aromatic N) is 1. The molecule has 5 heteroatoms. The van der Waals surface area contributed by atoms with Crippen LogP contribution in [0.25, 0.3) is 0 Å². The van der Waals surface area contributed by atoms with Gasteiger partial charge in [-0.25, -0.2) is 0 Å². The maximum absolute atomic E-state index is 11.8. The predicted molar refractivity (Wildman–Crippen MR) is 70.6 cm³/mol. The fourth-order valence-electron chi connectivity index (χ4n) is 1.88. The Bertz CT molecular complexity index is 454. The third kappa shape index (κ3) is 2.80. The molecule has 1 aliphatic heterocycles. The molecule has 0 aliphatic carbocycles. The number of carbonyl (C=O) groups is 2. The molecule has 1 saturated heterocycles. The standard InChI is InChI=1S/C13H17N3O2/c1-16(2)10-5-3-9(4-6-10)14-13(18)11-7-8-12(17)15-11/h3-6,11H,7-8H2,1-2H3,(H,14,18)(H,15,17)/t11-/m0/s1. The Hall–Kier alpha value is -2.04. The first-order chi connectivity index (χ1) is 8.56. The second kappa shape index (κ2) is 5.08. The lowest BCUT2D eigenvalue weighted by Crippen LogP contribution is -2.37. The first-order valence-electron chi connectivity index (χ1n) is 5.94. The smallest absolute Gasteiger partial charge is 0.246 e. The van der Waals surface area contributed by atoms with Gasteiger partial charge in [0.2, 0.25) is 11.8 Å². The minimum absolute atomic E-state index is 0.0573. The Balaban J connectivity index is 1.97. The second-order valence-electron chi connectivity index (χ2n) is 4.59. The van der Waals surface area contributed by atoms with Crippen LogP contribution in [-0.2, 0) is 9.59 Å². The highest BCUT2D eigenvalue weighted by atomic mass is 16.2. The second-order valence-corrected chi connectivity index (χ2v) is 4.59. The summed E-state index contributed by atoms with van der Waals surface area (Å²) in [6, 6.07) is 7.17. The van der Waals surface area contributed by atoms with E-state index in [9.17, 15) is 9.59 Å². The molecule has 0 unspecified atom stereocenters. The van der Waals surface area contributed by atoms with E-state index in [1.807, 2.05) is 43.3 Å². The quantitative estimate of drug-likeness (QED) is 0.836. The van der Waals surface area contributed by atoms with Crippen LogP contribution in [-0.4, -0.2) is 32.0 Å². The van der Waals surface area contributed by atoms with Crippen LogP contribution in [0.3, 0.4) is 0 Å². The molecule has 2 amide bonds. The van der Waals surface area contributed by atoms with Gasteiger partial charge in [0.1, 0.15) is 6.04 Å². The van der Waals surface area contributed by atoms with Crippen LogP contribution in [0.5, 0.6) is 0 Å². The van der Waals surface area contributed by atoms with Gasteiger partial charge in [0.25, 0.3) is 0 Å². The molecule has 0 spiro atoms. The fraction of sp³-hybridized carbons (Fsp3) is 0.385. The Kier molecular flexibility index (Phi) is 3.50. The number of anilines is 2. The summed E-state index contributed by atoms with van der Waals surface area (Å²) in [5, 5.41) is 5.44. The lowest BCUT2D eigenvalue weighted by atomic mass is 10.2. The van der Waals surface area contributed by atoms with Crippen molar-refractivity contribution in [3.63, 3.8) is 0 Å². The fourth-order valence-corrected chi connectivity index (χ4v) is 1.88. The highest BCUT2D eigenvalue weighted by molar-refractivity contribution is 5.99. The highest BCUT2D eigenvalue weighted by Gasteiger charge is 2.26. The minimum Gasteiger partial charge on any atom is -0.378 e. The van der Waals surface area contributed by atoms with Gasteiger partial charge in [0.05, 0.1) is 0 Å². The van der Waals surface area contributed by atoms with E-state index >= 15 is 0 Å². The summed E-state index contributed by atoms with van der Waals surface area (Å²) in [6.45, 7) is 0. The van der Waals surface area contributed by atoms with Crippen molar-refractivity contribution in [2.45, 2.75) is 18.9 Å². The Morgan fingerprint density at radius 2 is 2.00 bits per heavy atom. The Morgan fingerprint density at radius 3 is 2.50 bits per heavy atom. The van der Waals surface area contributed by atoms with E-state index in [2.05, 4.69) is 10.6 Å². The Labute approximate surface area is 106 Å². The molecule has 0 saturated carbocycles. The SMILES string of the molecule is CN(C)c1ccc(NC(=O)[C@@H]2CCC(=O)N2)cc1. The molecule has 1 aromatic rings. The first-order valence-corrected chi connectivity index (χ1v) is 5.94. The molecule has 1 aromatic carbocycles. The molecule has 2 rings (SSSR count). The van der Waals surface area contributed by atoms with E-state index < -0.39 is 6.04 Å². The number of nitrogens with one attached hydrogen (secondary N) is 2. The van der Waals surface area contributed by atoms with E-state index in [4.69, 9.17) is 0 Å². The molecular formula is C13H17N3O2. The van der Waals surface area contributed by atoms with Crippen LogP contribution in [0, 0.1) is 0 Å². The van der Waals surface area contributed by atoms with Crippen LogP contribution >= 0.6 is 0 Å². The Morgan fingerprint density at radius 1 is 1.33 bits per heavy atom. The summed E-state index contributed by atoms with van der Waals surface area (Å²) >= 11 is 0. The third-order valence-corrected chi connectivity index (χ3v) is 2.96. The number of hydrogen-bond acceptors (Lipinski definition) is 3. The molecule has 18 heavy (non-hydrogen) atoms. The van der Waals surface area contributed by atoms with Gasteiger partial charge >= 0.3 is 0 Å². The summed E-state index contributed by atoms with van der Waals surface area (Å²) in [5.41, 5.74) is 1.81. The van der Waals surface area contributed by atoms with Crippen LogP contribution < -0.4 is 15.5 Å². The van der Waals surface area contributed by atoms with Gasteiger partial charge in [-0.2, -0.15) is 0 Å². The summed E-state index contributed by atoms with van der Waals surface area (Å²) < 4.78 is 0. The van der Waals surface area contributed by atoms with Crippen LogP contribution in [0.15, 0.2) is 24.3 Å². The van der Waals surface area contributed by atoms with Gasteiger partial charge in [0.15, 0.2) is 0 Å². The molecule has 1 heterocycles. The average Bonchev–Trinajstić information content (AvgIpc) is 2.76. The number of rotatable bonds is 3. The number of benzene rings is 1. The van der Waals surface area contributed by atoms with Gasteiger partial charge < -0.3 is 15.5 Å². The van der Waals surface area contributed by atoms with Crippen molar-refractivity contribution in [2.75, 3.05) is 24.3 Å². The maximum Gasteiger partial charge on any atom is 0.246 e. The lowest BCUT2D eigenvalue weighted by molar-refractivity contribution is -0.122. The molecule has 96 valence electrons. The van der Waals surface area contributed by atoms with Crippen molar-refractivity contribution in [3.8, 4) is 0 Å². The average molecular weight is 247 g/mol. The van der Waals surface area contributed by atoms with Crippen molar-refractivity contribution in [1.29, 1.82) is 0 Å². The molecule has 1 atom stereocenters. The molecule has 1 aliphatic rings. The lowest BCUT2D eigenvalue weighted by Gasteiger charge is -2.14. The van der Waals surface area contributed by atoms with Crippen LogP contribution in [0.1, 0.15) is 12.8 Å². The van der Waals surface area contributed by atoms with Crippen molar-refractivity contribution in [1.82, 2.24) is 5.32 Å². The molecule has 0 bridgehead atoms. The topological polar surface area (TPSA) is 61.4 Å². The molecule has 0 aromatic heterocycles. The summed E-state index contributed by atoms with van der Waals surface area (Å²) in [5.74, 6) is -0.212. The number of hydrogen-bond donors (Lipinski definition) is 2. The maximum atomic E-state index is 11.8. The molecule has 2 N–H and O–H groups in total. The van der Waals surface area contributed by atoms with Gasteiger partial charge in [-0.1, -0.05) is 0 Å². The normalized spacial score (nSPS) is 18.3. The monoisotopic (exact) mass is 247 g/mol. The zero-order valence-corrected chi connectivity index (χ0v) is 10.6. The van der Waals surface area contributed by atoms with Crippen molar-refractivity contribution in [2.24, 2.45) is 0 Å². The number of carbonyl (C=O) groups excluding carboxylic acids is 2. The van der Waals surface area contributed by atoms with E-state index in [-0.39, 0.29) is 11.8 Å². The zero-order chi connectivity index (χ0) is 13.1. The van der Waals surface area contributed by atoms with E-state index in [0.29, 0.717) is 12.8 Å². The summed E-state index contributed by atoms with van der Waals surface area (Å²) in [7, 11) is 3.92. The molecule has 5 nitrogen and oxygen atoms in total. The van der Waals surface area contributed by atoms with Crippen molar-refractivity contribution >= 4 is 23.2 Å². The van der Waals surface area contributed by atoms with E-state index in [0.717, 1.165) is 11.4 Å². The highest BCUT2D eigenvalue weighted by Crippen LogP contribution is 2.16. The van der Waals surface area contributed by atoms with Crippen molar-refractivity contribution in [3.05, 3.63) is 24.3 Å². The molecule has 0 radical (unpaired) electrons. The van der Waals surface area contributed by atoms with Crippen molar-refractivity contribution < 1.29 is 9.59 Å². The van der Waals surface area contributed by atoms with E-state index in [1.165, 1.54) is 0 Å². The minimum atomic E-state index is -0.397. The van der Waals surface area contributed by atoms with Crippen LogP contribution in [0.2, 0.25) is 0 Å². The summed E-state index contributed by atoms with van der Waals surface area (Å²) in [4.78, 5) is 24.9. The largest absolute Gasteiger partial charge is 0.378 e. The number of amides is 2. The molecule has 1 fully saturated rings. The van der Waals surface area contributed by atoms with E-state index in [1.54, 1.807) is 0 Å². The van der Waals surface area contributed by atoms with Gasteiger partial charge in [-0.15, -0.1) is 0 Å². The first kappa shape index (κ1) is 12.4. The summed E-state index contributed by atoms with van der Waals surface area (Å²) in [6.07, 6.45) is 0.998. The van der Waals surface area contributed by atoms with Gasteiger partial charge in [-0.05, 0) is 30.7 Å². The molecular weight excluding hydrogens is 230 g/mol. The third-order valence-electron chi connectivity index (χ3n) is 2.96. The zero-order valence-electron chi connectivity index (χ0n) is 10.6. The van der Waals surface area contributed by atoms with Crippen LogP contribution in [0.4, 0.5) is 11.4 Å². The van der Waals surface area contributed by atoms with Gasteiger partial charge in [-0.3, -0.25) is 9.59 Å². The predicted octanol–water partition coefficient (Wildman–Crippen LogP) is 0.970. The van der Waals surface area contributed by atoms with Gasteiger partial charge in [0, 0.05) is 31.9 Å².